The number of carbonyl (C=O) groups excluding carboxylic acids is 1. The molecule has 8 heteroatoms. The van der Waals surface area contributed by atoms with Gasteiger partial charge in [-0.3, -0.25) is 14.9 Å². The lowest BCUT2D eigenvalue weighted by atomic mass is 10.1. The Hall–Kier alpha value is -2.35. The monoisotopic (exact) mass is 384 g/mol. The van der Waals surface area contributed by atoms with E-state index >= 15 is 0 Å². The van der Waals surface area contributed by atoms with E-state index in [9.17, 15) is 23.7 Å². The summed E-state index contributed by atoms with van der Waals surface area (Å²) in [6.07, 6.45) is 0. The third kappa shape index (κ3) is 4.10. The van der Waals surface area contributed by atoms with Gasteiger partial charge in [0.1, 0.15) is 11.6 Å². The van der Waals surface area contributed by atoms with Crippen molar-refractivity contribution >= 4 is 27.5 Å². The number of halogens is 3. The Labute approximate surface area is 138 Å². The molecule has 0 aliphatic rings. The number of rotatable bonds is 4. The molecule has 0 saturated carbocycles. The van der Waals surface area contributed by atoms with Crippen LogP contribution in [0.2, 0.25) is 0 Å². The van der Waals surface area contributed by atoms with Gasteiger partial charge in [0, 0.05) is 22.6 Å². The van der Waals surface area contributed by atoms with Gasteiger partial charge in [-0.2, -0.15) is 0 Å². The van der Waals surface area contributed by atoms with Crippen molar-refractivity contribution in [2.45, 2.75) is 13.5 Å². The Morgan fingerprint density at radius 2 is 1.96 bits per heavy atom. The summed E-state index contributed by atoms with van der Waals surface area (Å²) in [5, 5.41) is 13.3. The van der Waals surface area contributed by atoms with E-state index in [0.29, 0.717) is 10.0 Å². The van der Waals surface area contributed by atoms with Gasteiger partial charge in [-0.15, -0.1) is 0 Å². The van der Waals surface area contributed by atoms with Gasteiger partial charge in [-0.1, -0.05) is 15.9 Å². The molecule has 1 amide bonds. The van der Waals surface area contributed by atoms with Crippen molar-refractivity contribution in [3.05, 3.63) is 73.2 Å². The van der Waals surface area contributed by atoms with Gasteiger partial charge in [-0.25, -0.2) is 8.78 Å². The van der Waals surface area contributed by atoms with Crippen molar-refractivity contribution in [3.63, 3.8) is 0 Å². The smallest absolute Gasteiger partial charge is 0.276 e. The second-order valence-corrected chi connectivity index (χ2v) is 5.74. The van der Waals surface area contributed by atoms with E-state index in [4.69, 9.17) is 0 Å². The fraction of sp³-hybridized carbons (Fsp3) is 0.133. The quantitative estimate of drug-likeness (QED) is 0.642. The number of amides is 1. The molecule has 0 heterocycles. The molecule has 1 N–H and O–H groups in total. The van der Waals surface area contributed by atoms with Crippen LogP contribution in [-0.2, 0) is 6.54 Å². The SMILES string of the molecule is Cc1c(F)cc(C(=O)NCc2cc(F)cc(Br)c2)cc1[N+](=O)[O-]. The minimum Gasteiger partial charge on any atom is -0.348 e. The van der Waals surface area contributed by atoms with Crippen molar-refractivity contribution in [1.29, 1.82) is 0 Å². The Morgan fingerprint density at radius 3 is 2.57 bits per heavy atom. The molecule has 0 aliphatic carbocycles. The third-order valence-electron chi connectivity index (χ3n) is 3.15. The first-order chi connectivity index (χ1) is 10.8. The molecule has 23 heavy (non-hydrogen) atoms. The molecule has 0 fully saturated rings. The Kier molecular flexibility index (Phi) is 5.05. The second-order valence-electron chi connectivity index (χ2n) is 4.82. The molecule has 2 aromatic carbocycles. The summed E-state index contributed by atoms with van der Waals surface area (Å²) in [5.41, 5.74) is -0.285. The predicted molar refractivity (Wildman–Crippen MR) is 83.1 cm³/mol. The highest BCUT2D eigenvalue weighted by Gasteiger charge is 2.19. The van der Waals surface area contributed by atoms with Crippen LogP contribution in [0.15, 0.2) is 34.8 Å². The fourth-order valence-electron chi connectivity index (χ4n) is 1.98. The Bertz CT molecular complexity index is 776. The van der Waals surface area contributed by atoms with Gasteiger partial charge in [0.2, 0.25) is 0 Å². The van der Waals surface area contributed by atoms with Crippen molar-refractivity contribution in [3.8, 4) is 0 Å². The molecule has 5 nitrogen and oxygen atoms in total. The van der Waals surface area contributed by atoms with E-state index in [0.717, 1.165) is 12.1 Å². The standard InChI is InChI=1S/C15H11BrF2N2O3/c1-8-13(18)4-10(5-14(8)20(22)23)15(21)19-7-9-2-11(16)6-12(17)3-9/h2-6H,7H2,1H3,(H,19,21). The normalized spacial score (nSPS) is 10.4. The topological polar surface area (TPSA) is 72.2 Å². The molecule has 0 aromatic heterocycles. The highest BCUT2D eigenvalue weighted by molar-refractivity contribution is 9.10. The number of nitro groups is 1. The van der Waals surface area contributed by atoms with Crippen LogP contribution < -0.4 is 5.32 Å². The molecular weight excluding hydrogens is 374 g/mol. The molecule has 0 spiro atoms. The highest BCUT2D eigenvalue weighted by Crippen LogP contribution is 2.23. The lowest BCUT2D eigenvalue weighted by Crippen LogP contribution is -2.23. The summed E-state index contributed by atoms with van der Waals surface area (Å²) >= 11 is 3.13. The lowest BCUT2D eigenvalue weighted by Gasteiger charge is -2.07. The van der Waals surface area contributed by atoms with Gasteiger partial charge < -0.3 is 5.32 Å². The van der Waals surface area contributed by atoms with Gasteiger partial charge in [-0.05, 0) is 36.8 Å². The first-order valence-electron chi connectivity index (χ1n) is 6.45. The molecule has 0 atom stereocenters. The molecule has 0 radical (unpaired) electrons. The summed E-state index contributed by atoms with van der Waals surface area (Å²) in [6.45, 7) is 1.26. The van der Waals surface area contributed by atoms with Crippen LogP contribution in [-0.4, -0.2) is 10.8 Å². The summed E-state index contributed by atoms with van der Waals surface area (Å²) in [5.74, 6) is -1.99. The molecule has 2 rings (SSSR count). The predicted octanol–water partition coefficient (Wildman–Crippen LogP) is 3.87. The number of hydrogen-bond acceptors (Lipinski definition) is 3. The summed E-state index contributed by atoms with van der Waals surface area (Å²) in [4.78, 5) is 22.1. The number of carbonyl (C=O) groups is 1. The summed E-state index contributed by atoms with van der Waals surface area (Å²) in [6, 6.07) is 6.06. The van der Waals surface area contributed by atoms with Crippen LogP contribution in [0.5, 0.6) is 0 Å². The molecule has 0 aliphatic heterocycles. The number of nitro benzene ring substituents is 1. The number of benzene rings is 2. The molecule has 0 saturated heterocycles. The number of nitrogens with one attached hydrogen (secondary N) is 1. The average Bonchev–Trinajstić information content (AvgIpc) is 2.46. The van der Waals surface area contributed by atoms with Crippen molar-refractivity contribution in [2.75, 3.05) is 0 Å². The summed E-state index contributed by atoms with van der Waals surface area (Å²) < 4.78 is 27.4. The number of hydrogen-bond donors (Lipinski definition) is 1. The third-order valence-corrected chi connectivity index (χ3v) is 3.61. The van der Waals surface area contributed by atoms with E-state index in [1.807, 2.05) is 0 Å². The van der Waals surface area contributed by atoms with Crippen LogP contribution in [0.25, 0.3) is 0 Å². The van der Waals surface area contributed by atoms with Crippen molar-refractivity contribution < 1.29 is 18.5 Å². The van der Waals surface area contributed by atoms with Gasteiger partial charge >= 0.3 is 0 Å². The fourth-order valence-corrected chi connectivity index (χ4v) is 2.50. The largest absolute Gasteiger partial charge is 0.348 e. The molecule has 0 unspecified atom stereocenters. The maximum Gasteiger partial charge on any atom is 0.276 e. The van der Waals surface area contributed by atoms with Crippen LogP contribution in [0.4, 0.5) is 14.5 Å². The Balaban J connectivity index is 2.19. The zero-order chi connectivity index (χ0) is 17.1. The van der Waals surface area contributed by atoms with Crippen LogP contribution >= 0.6 is 15.9 Å². The van der Waals surface area contributed by atoms with E-state index < -0.39 is 28.2 Å². The van der Waals surface area contributed by atoms with Crippen molar-refractivity contribution in [1.82, 2.24) is 5.32 Å². The minimum atomic E-state index is -0.835. The molecule has 120 valence electrons. The first kappa shape index (κ1) is 17.0. The van der Waals surface area contributed by atoms with Gasteiger partial charge in [0.25, 0.3) is 11.6 Å². The highest BCUT2D eigenvalue weighted by atomic mass is 79.9. The maximum atomic E-state index is 13.7. The number of nitrogens with zero attached hydrogens (tertiary/aromatic N) is 1. The average molecular weight is 385 g/mol. The zero-order valence-corrected chi connectivity index (χ0v) is 13.5. The maximum absolute atomic E-state index is 13.7. The van der Waals surface area contributed by atoms with Gasteiger partial charge in [0.15, 0.2) is 0 Å². The van der Waals surface area contributed by atoms with E-state index in [2.05, 4.69) is 21.2 Å². The first-order valence-corrected chi connectivity index (χ1v) is 7.25. The minimum absolute atomic E-state index is 0.00150. The van der Waals surface area contributed by atoms with E-state index in [1.54, 1.807) is 6.07 Å². The second kappa shape index (κ2) is 6.82. The molecule has 2 aromatic rings. The molecule has 0 bridgehead atoms. The molecular formula is C15H11BrF2N2O3. The van der Waals surface area contributed by atoms with E-state index in [1.165, 1.54) is 19.1 Å². The van der Waals surface area contributed by atoms with Crippen LogP contribution in [0.1, 0.15) is 21.5 Å². The zero-order valence-electron chi connectivity index (χ0n) is 11.9. The van der Waals surface area contributed by atoms with Crippen LogP contribution in [0.3, 0.4) is 0 Å². The van der Waals surface area contributed by atoms with Crippen LogP contribution in [0, 0.1) is 28.7 Å². The lowest BCUT2D eigenvalue weighted by molar-refractivity contribution is -0.385. The van der Waals surface area contributed by atoms with Crippen molar-refractivity contribution in [2.24, 2.45) is 0 Å². The van der Waals surface area contributed by atoms with Gasteiger partial charge in [0.05, 0.1) is 10.5 Å². The van der Waals surface area contributed by atoms with E-state index in [-0.39, 0.29) is 17.7 Å². The Morgan fingerprint density at radius 1 is 1.26 bits per heavy atom. The summed E-state index contributed by atoms with van der Waals surface area (Å²) in [7, 11) is 0.